The van der Waals surface area contributed by atoms with Crippen molar-refractivity contribution in [1.29, 1.82) is 0 Å². The molecule has 138 valence electrons. The molecule has 26 heavy (non-hydrogen) atoms. The zero-order chi connectivity index (χ0) is 18.7. The third-order valence-corrected chi connectivity index (χ3v) is 5.40. The molecule has 1 aromatic carbocycles. The van der Waals surface area contributed by atoms with Crippen LogP contribution in [0.1, 0.15) is 41.9 Å². The van der Waals surface area contributed by atoms with Gasteiger partial charge >= 0.3 is 0 Å². The molecule has 0 amide bonds. The molecule has 0 spiro atoms. The lowest BCUT2D eigenvalue weighted by atomic mass is 10.1. The van der Waals surface area contributed by atoms with Gasteiger partial charge in [0.05, 0.1) is 19.5 Å². The Morgan fingerprint density at radius 2 is 2.08 bits per heavy atom. The SMILES string of the molecule is C=CCn1c(SC(C)C(=O)c2ccc(OC)c(OC)c2)nnc1C1CC1. The first-order chi connectivity index (χ1) is 12.6. The third-order valence-electron chi connectivity index (χ3n) is 4.32. The van der Waals surface area contributed by atoms with Gasteiger partial charge in [0.1, 0.15) is 5.82 Å². The van der Waals surface area contributed by atoms with Crippen molar-refractivity contribution in [2.24, 2.45) is 0 Å². The third kappa shape index (κ3) is 3.77. The number of hydrogen-bond acceptors (Lipinski definition) is 6. The predicted molar refractivity (Wildman–Crippen MR) is 101 cm³/mol. The summed E-state index contributed by atoms with van der Waals surface area (Å²) in [6, 6.07) is 5.21. The monoisotopic (exact) mass is 373 g/mol. The molecule has 6 nitrogen and oxygen atoms in total. The summed E-state index contributed by atoms with van der Waals surface area (Å²) >= 11 is 1.42. The van der Waals surface area contributed by atoms with E-state index in [1.807, 2.05) is 13.0 Å². The fraction of sp³-hybridized carbons (Fsp3) is 0.421. The van der Waals surface area contributed by atoms with Gasteiger partial charge in [0.2, 0.25) is 0 Å². The molecule has 3 rings (SSSR count). The number of rotatable bonds is 9. The van der Waals surface area contributed by atoms with Gasteiger partial charge in [0.15, 0.2) is 22.4 Å². The number of ether oxygens (including phenoxy) is 2. The van der Waals surface area contributed by atoms with E-state index < -0.39 is 0 Å². The van der Waals surface area contributed by atoms with Crippen LogP contribution < -0.4 is 9.47 Å². The van der Waals surface area contributed by atoms with Gasteiger partial charge in [0.25, 0.3) is 0 Å². The minimum Gasteiger partial charge on any atom is -0.493 e. The van der Waals surface area contributed by atoms with Gasteiger partial charge in [-0.15, -0.1) is 16.8 Å². The lowest BCUT2D eigenvalue weighted by Gasteiger charge is -2.13. The Morgan fingerprint density at radius 3 is 2.69 bits per heavy atom. The van der Waals surface area contributed by atoms with Crippen LogP contribution in [0.3, 0.4) is 0 Å². The van der Waals surface area contributed by atoms with E-state index in [1.165, 1.54) is 11.8 Å². The highest BCUT2D eigenvalue weighted by Gasteiger charge is 2.31. The summed E-state index contributed by atoms with van der Waals surface area (Å²) in [5.41, 5.74) is 0.583. The van der Waals surface area contributed by atoms with Crippen molar-refractivity contribution in [3.63, 3.8) is 0 Å². The molecule has 0 radical (unpaired) electrons. The maximum atomic E-state index is 12.8. The van der Waals surface area contributed by atoms with Crippen LogP contribution in [0.2, 0.25) is 0 Å². The van der Waals surface area contributed by atoms with Crippen molar-refractivity contribution < 1.29 is 14.3 Å². The number of allylic oxidation sites excluding steroid dienone is 1. The van der Waals surface area contributed by atoms with Gasteiger partial charge in [0, 0.05) is 18.0 Å². The van der Waals surface area contributed by atoms with E-state index in [9.17, 15) is 4.79 Å². The number of Topliss-reactive ketones (excluding diaryl/α,β-unsaturated/α-hetero) is 1. The minimum atomic E-state index is -0.298. The first kappa shape index (κ1) is 18.5. The van der Waals surface area contributed by atoms with Gasteiger partial charge < -0.3 is 14.0 Å². The van der Waals surface area contributed by atoms with Crippen LogP contribution in [0, 0.1) is 0 Å². The highest BCUT2D eigenvalue weighted by Crippen LogP contribution is 2.40. The number of aromatic nitrogens is 3. The topological polar surface area (TPSA) is 66.2 Å². The second-order valence-electron chi connectivity index (χ2n) is 6.21. The number of nitrogens with zero attached hydrogens (tertiary/aromatic N) is 3. The van der Waals surface area contributed by atoms with Crippen molar-refractivity contribution in [1.82, 2.24) is 14.8 Å². The van der Waals surface area contributed by atoms with Crippen molar-refractivity contribution >= 4 is 17.5 Å². The molecule has 1 atom stereocenters. The molecule has 1 aromatic heterocycles. The molecule has 0 saturated heterocycles. The maximum absolute atomic E-state index is 12.8. The number of benzene rings is 1. The molecule has 2 aromatic rings. The van der Waals surface area contributed by atoms with E-state index in [1.54, 1.807) is 32.4 Å². The van der Waals surface area contributed by atoms with Gasteiger partial charge in [-0.05, 0) is 38.0 Å². The number of hydrogen-bond donors (Lipinski definition) is 0. The molecule has 1 aliphatic carbocycles. The van der Waals surface area contributed by atoms with Crippen molar-refractivity contribution in [3.8, 4) is 11.5 Å². The smallest absolute Gasteiger partial charge is 0.192 e. The largest absolute Gasteiger partial charge is 0.493 e. The van der Waals surface area contributed by atoms with Crippen LogP contribution in [-0.4, -0.2) is 40.0 Å². The zero-order valence-corrected chi connectivity index (χ0v) is 16.1. The Balaban J connectivity index is 1.78. The second-order valence-corrected chi connectivity index (χ2v) is 7.52. The summed E-state index contributed by atoms with van der Waals surface area (Å²) in [5.74, 6) is 2.65. The summed E-state index contributed by atoms with van der Waals surface area (Å²) in [6.07, 6.45) is 4.14. The Kier molecular flexibility index (Phi) is 5.66. The molecule has 0 bridgehead atoms. The first-order valence-electron chi connectivity index (χ1n) is 8.56. The molecular weight excluding hydrogens is 350 g/mol. The summed E-state index contributed by atoms with van der Waals surface area (Å²) < 4.78 is 12.6. The molecule has 1 saturated carbocycles. The van der Waals surface area contributed by atoms with Crippen LogP contribution in [0.25, 0.3) is 0 Å². The lowest BCUT2D eigenvalue weighted by Crippen LogP contribution is -2.15. The maximum Gasteiger partial charge on any atom is 0.192 e. The molecule has 1 aliphatic rings. The van der Waals surface area contributed by atoms with Gasteiger partial charge in [-0.1, -0.05) is 17.8 Å². The Bertz CT molecular complexity index is 814. The number of thioether (sulfide) groups is 1. The molecule has 1 heterocycles. The van der Waals surface area contributed by atoms with Crippen molar-refractivity contribution in [2.45, 2.75) is 42.6 Å². The molecule has 7 heteroatoms. The van der Waals surface area contributed by atoms with Gasteiger partial charge in [-0.3, -0.25) is 4.79 Å². The standard InChI is InChI=1S/C19H23N3O3S/c1-5-10-22-18(13-6-7-13)20-21-19(22)26-12(2)17(23)14-8-9-15(24-3)16(11-14)25-4/h5,8-9,11-13H,1,6-7,10H2,2-4H3. The number of carbonyl (C=O) groups excluding carboxylic acids is 1. The van der Waals surface area contributed by atoms with E-state index in [2.05, 4.69) is 21.3 Å². The van der Waals surface area contributed by atoms with E-state index >= 15 is 0 Å². The second kappa shape index (κ2) is 7.95. The summed E-state index contributed by atoms with van der Waals surface area (Å²) in [7, 11) is 3.13. The lowest BCUT2D eigenvalue weighted by molar-refractivity contribution is 0.0993. The average molecular weight is 373 g/mol. The van der Waals surface area contributed by atoms with Crippen molar-refractivity contribution in [3.05, 3.63) is 42.2 Å². The Hall–Kier alpha value is -2.28. The van der Waals surface area contributed by atoms with Crippen LogP contribution in [-0.2, 0) is 6.54 Å². The fourth-order valence-corrected chi connectivity index (χ4v) is 3.71. The number of methoxy groups -OCH3 is 2. The molecular formula is C19H23N3O3S. The molecule has 0 N–H and O–H groups in total. The van der Waals surface area contributed by atoms with Crippen LogP contribution in [0.5, 0.6) is 11.5 Å². The van der Waals surface area contributed by atoms with Crippen molar-refractivity contribution in [2.75, 3.05) is 14.2 Å². The van der Waals surface area contributed by atoms with Crippen LogP contribution >= 0.6 is 11.8 Å². The summed E-state index contributed by atoms with van der Waals surface area (Å²) in [6.45, 7) is 6.35. The quantitative estimate of drug-likeness (QED) is 0.379. The minimum absolute atomic E-state index is 0.0112. The van der Waals surface area contributed by atoms with E-state index in [0.717, 1.165) is 23.8 Å². The van der Waals surface area contributed by atoms with Crippen LogP contribution in [0.15, 0.2) is 36.0 Å². The molecule has 1 unspecified atom stereocenters. The van der Waals surface area contributed by atoms with Crippen LogP contribution in [0.4, 0.5) is 0 Å². The predicted octanol–water partition coefficient (Wildman–Crippen LogP) is 3.72. The van der Waals surface area contributed by atoms with E-state index in [-0.39, 0.29) is 11.0 Å². The normalized spacial score (nSPS) is 14.7. The Labute approximate surface area is 157 Å². The van der Waals surface area contributed by atoms with Gasteiger partial charge in [-0.2, -0.15) is 0 Å². The molecule has 1 fully saturated rings. The first-order valence-corrected chi connectivity index (χ1v) is 9.43. The van der Waals surface area contributed by atoms with Gasteiger partial charge in [-0.25, -0.2) is 0 Å². The number of ketones is 1. The zero-order valence-electron chi connectivity index (χ0n) is 15.3. The Morgan fingerprint density at radius 1 is 1.35 bits per heavy atom. The summed E-state index contributed by atoms with van der Waals surface area (Å²) in [5, 5.41) is 9.09. The van der Waals surface area contributed by atoms with E-state index in [0.29, 0.717) is 29.5 Å². The summed E-state index contributed by atoms with van der Waals surface area (Å²) in [4.78, 5) is 12.8. The highest BCUT2D eigenvalue weighted by molar-refractivity contribution is 8.00. The molecule has 0 aliphatic heterocycles. The highest BCUT2D eigenvalue weighted by atomic mass is 32.2. The number of carbonyl (C=O) groups is 1. The average Bonchev–Trinajstić information content (AvgIpc) is 3.44. The fourth-order valence-electron chi connectivity index (χ4n) is 2.77. The van der Waals surface area contributed by atoms with E-state index in [4.69, 9.17) is 9.47 Å².